The van der Waals surface area contributed by atoms with E-state index in [-0.39, 0.29) is 0 Å². The summed E-state index contributed by atoms with van der Waals surface area (Å²) in [5, 5.41) is 11.5. The van der Waals surface area contributed by atoms with Crippen LogP contribution >= 0.6 is 0 Å². The molecular weight excluding hydrogens is 186 g/mol. The Kier molecular flexibility index (Phi) is 2.25. The molecule has 3 rings (SSSR count). The molecule has 0 spiro atoms. The Morgan fingerprint density at radius 1 is 1.20 bits per heavy atom. The van der Waals surface area contributed by atoms with Crippen LogP contribution in [0.5, 0.6) is 0 Å². The van der Waals surface area contributed by atoms with Gasteiger partial charge in [0.1, 0.15) is 0 Å². The van der Waals surface area contributed by atoms with Crippen molar-refractivity contribution >= 4 is 5.57 Å². The van der Waals surface area contributed by atoms with Gasteiger partial charge in [-0.2, -0.15) is 10.2 Å². The van der Waals surface area contributed by atoms with Gasteiger partial charge in [-0.05, 0) is 37.3 Å². The van der Waals surface area contributed by atoms with E-state index < -0.39 is 0 Å². The van der Waals surface area contributed by atoms with Crippen molar-refractivity contribution in [2.75, 3.05) is 0 Å². The molecule has 0 amide bonds. The predicted molar refractivity (Wildman–Crippen MR) is 59.2 cm³/mol. The van der Waals surface area contributed by atoms with Crippen molar-refractivity contribution in [3.63, 3.8) is 0 Å². The molecule has 2 atom stereocenters. The molecule has 0 aromatic carbocycles. The highest BCUT2D eigenvalue weighted by atomic mass is 15.1. The van der Waals surface area contributed by atoms with Crippen LogP contribution in [0.15, 0.2) is 24.5 Å². The summed E-state index contributed by atoms with van der Waals surface area (Å²) in [7, 11) is 0. The summed E-state index contributed by atoms with van der Waals surface area (Å²) in [6.07, 6.45) is 11.1. The molecule has 1 fully saturated rings. The molecule has 78 valence electrons. The van der Waals surface area contributed by atoms with Crippen LogP contribution in [-0.4, -0.2) is 22.3 Å². The molecule has 3 heterocycles. The molecule has 2 bridgehead atoms. The van der Waals surface area contributed by atoms with E-state index >= 15 is 0 Å². The highest BCUT2D eigenvalue weighted by Gasteiger charge is 2.28. The molecule has 2 aliphatic heterocycles. The second kappa shape index (κ2) is 3.74. The van der Waals surface area contributed by atoms with Crippen molar-refractivity contribution in [3.05, 3.63) is 30.1 Å². The van der Waals surface area contributed by atoms with Crippen molar-refractivity contribution in [2.24, 2.45) is 0 Å². The summed E-state index contributed by atoms with van der Waals surface area (Å²) < 4.78 is 0. The average molecular weight is 201 g/mol. The summed E-state index contributed by atoms with van der Waals surface area (Å²) in [5.41, 5.74) is 2.65. The van der Waals surface area contributed by atoms with Gasteiger partial charge in [0, 0.05) is 17.6 Å². The molecule has 3 heteroatoms. The first-order valence-electron chi connectivity index (χ1n) is 5.66. The van der Waals surface area contributed by atoms with Crippen LogP contribution in [0.25, 0.3) is 5.57 Å². The number of hydrogen-bond acceptors (Lipinski definition) is 3. The van der Waals surface area contributed by atoms with E-state index in [0.29, 0.717) is 6.04 Å². The van der Waals surface area contributed by atoms with Crippen LogP contribution in [0.4, 0.5) is 0 Å². The third-order valence-electron chi connectivity index (χ3n) is 3.41. The average Bonchev–Trinajstić information content (AvgIpc) is 2.61. The normalized spacial score (nSPS) is 29.7. The second-order valence-electron chi connectivity index (χ2n) is 4.36. The van der Waals surface area contributed by atoms with Gasteiger partial charge < -0.3 is 5.32 Å². The smallest absolute Gasteiger partial charge is 0.0571 e. The van der Waals surface area contributed by atoms with E-state index in [4.69, 9.17) is 0 Å². The molecule has 15 heavy (non-hydrogen) atoms. The molecule has 1 aromatic heterocycles. The van der Waals surface area contributed by atoms with Crippen molar-refractivity contribution in [1.82, 2.24) is 15.5 Å². The zero-order chi connectivity index (χ0) is 10.1. The van der Waals surface area contributed by atoms with Crippen LogP contribution in [0.1, 0.15) is 31.2 Å². The fourth-order valence-electron chi connectivity index (χ4n) is 2.65. The first-order chi connectivity index (χ1) is 7.43. The first-order valence-corrected chi connectivity index (χ1v) is 5.66. The minimum atomic E-state index is 0.543. The van der Waals surface area contributed by atoms with Gasteiger partial charge in [0.25, 0.3) is 0 Å². The van der Waals surface area contributed by atoms with Gasteiger partial charge in [-0.1, -0.05) is 6.08 Å². The zero-order valence-electron chi connectivity index (χ0n) is 8.69. The molecule has 0 saturated carbocycles. The molecule has 1 saturated heterocycles. The lowest BCUT2D eigenvalue weighted by Gasteiger charge is -2.14. The standard InChI is InChI=1S/C12H15N3/c1-2-10-4-5-12(15-10)11(3-1)9-6-7-13-14-8-9/h3,6-8,10,12,15H,1-2,4-5H2/t10-,12?/m0/s1. The second-order valence-corrected chi connectivity index (χ2v) is 4.36. The van der Waals surface area contributed by atoms with E-state index in [1.807, 2.05) is 6.20 Å². The third kappa shape index (κ3) is 1.67. The van der Waals surface area contributed by atoms with E-state index in [1.165, 1.54) is 36.8 Å². The molecule has 3 nitrogen and oxygen atoms in total. The fourth-order valence-corrected chi connectivity index (χ4v) is 2.65. The van der Waals surface area contributed by atoms with Gasteiger partial charge in [0.2, 0.25) is 0 Å². The molecule has 2 aliphatic rings. The van der Waals surface area contributed by atoms with E-state index in [2.05, 4.69) is 27.7 Å². The summed E-state index contributed by atoms with van der Waals surface area (Å²) in [6.45, 7) is 0. The maximum atomic E-state index is 3.95. The number of rotatable bonds is 1. The van der Waals surface area contributed by atoms with Gasteiger partial charge in [0.15, 0.2) is 0 Å². The predicted octanol–water partition coefficient (Wildman–Crippen LogP) is 1.77. The lowest BCUT2D eigenvalue weighted by molar-refractivity contribution is 0.559. The van der Waals surface area contributed by atoms with Gasteiger partial charge >= 0.3 is 0 Å². The summed E-state index contributed by atoms with van der Waals surface area (Å²) in [6, 6.07) is 3.33. The zero-order valence-corrected chi connectivity index (χ0v) is 8.69. The van der Waals surface area contributed by atoms with E-state index in [9.17, 15) is 0 Å². The van der Waals surface area contributed by atoms with Crippen molar-refractivity contribution < 1.29 is 0 Å². The molecular formula is C12H15N3. The Morgan fingerprint density at radius 2 is 2.20 bits per heavy atom. The van der Waals surface area contributed by atoms with Crippen LogP contribution in [0, 0.1) is 0 Å². The lowest BCUT2D eigenvalue weighted by Crippen LogP contribution is -2.28. The number of aromatic nitrogens is 2. The van der Waals surface area contributed by atoms with Crippen LogP contribution in [0.2, 0.25) is 0 Å². The van der Waals surface area contributed by atoms with Gasteiger partial charge in [-0.3, -0.25) is 0 Å². The lowest BCUT2D eigenvalue weighted by atomic mass is 9.95. The quantitative estimate of drug-likeness (QED) is 0.752. The Hall–Kier alpha value is -1.22. The van der Waals surface area contributed by atoms with Crippen molar-refractivity contribution in [1.29, 1.82) is 0 Å². The third-order valence-corrected chi connectivity index (χ3v) is 3.41. The number of allylic oxidation sites excluding steroid dienone is 1. The molecule has 0 radical (unpaired) electrons. The highest BCUT2D eigenvalue weighted by molar-refractivity contribution is 5.69. The van der Waals surface area contributed by atoms with Crippen LogP contribution in [-0.2, 0) is 0 Å². The number of fused-ring (bicyclic) bond motifs is 2. The fraction of sp³-hybridized carbons (Fsp3) is 0.500. The van der Waals surface area contributed by atoms with Crippen LogP contribution < -0.4 is 5.32 Å². The Bertz CT molecular complexity index is 372. The Balaban J connectivity index is 1.94. The number of nitrogens with one attached hydrogen (secondary N) is 1. The SMILES string of the molecule is C1=C(c2ccnnc2)C2CC[C@H](CC1)N2. The first kappa shape index (κ1) is 9.04. The minimum absolute atomic E-state index is 0.543. The summed E-state index contributed by atoms with van der Waals surface area (Å²) >= 11 is 0. The van der Waals surface area contributed by atoms with E-state index in [0.717, 1.165) is 6.04 Å². The molecule has 0 aliphatic carbocycles. The van der Waals surface area contributed by atoms with Gasteiger partial charge in [0.05, 0.1) is 12.4 Å². The van der Waals surface area contributed by atoms with Crippen molar-refractivity contribution in [2.45, 2.75) is 37.8 Å². The minimum Gasteiger partial charge on any atom is -0.307 e. The van der Waals surface area contributed by atoms with Gasteiger partial charge in [-0.25, -0.2) is 0 Å². The molecule has 1 unspecified atom stereocenters. The van der Waals surface area contributed by atoms with Crippen molar-refractivity contribution in [3.8, 4) is 0 Å². The Morgan fingerprint density at radius 3 is 3.07 bits per heavy atom. The highest BCUT2D eigenvalue weighted by Crippen LogP contribution is 2.31. The maximum absolute atomic E-state index is 3.95. The molecule has 1 aromatic rings. The van der Waals surface area contributed by atoms with E-state index in [1.54, 1.807) is 6.20 Å². The summed E-state index contributed by atoms with van der Waals surface area (Å²) in [5.74, 6) is 0. The Labute approximate surface area is 89.6 Å². The summed E-state index contributed by atoms with van der Waals surface area (Å²) in [4.78, 5) is 0. The maximum Gasteiger partial charge on any atom is 0.0571 e. The number of nitrogens with zero attached hydrogens (tertiary/aromatic N) is 2. The van der Waals surface area contributed by atoms with Crippen LogP contribution in [0.3, 0.4) is 0 Å². The topological polar surface area (TPSA) is 37.8 Å². The monoisotopic (exact) mass is 201 g/mol. The largest absolute Gasteiger partial charge is 0.307 e. The molecule has 1 N–H and O–H groups in total. The van der Waals surface area contributed by atoms with Gasteiger partial charge in [-0.15, -0.1) is 0 Å². The number of hydrogen-bond donors (Lipinski definition) is 1.